The summed E-state index contributed by atoms with van der Waals surface area (Å²) < 4.78 is 5.39. The quantitative estimate of drug-likeness (QED) is 0.763. The van der Waals surface area contributed by atoms with Gasteiger partial charge in [-0.2, -0.15) is 0 Å². The predicted octanol–water partition coefficient (Wildman–Crippen LogP) is 1.01. The molecule has 1 amide bonds. The van der Waals surface area contributed by atoms with E-state index in [2.05, 4.69) is 5.32 Å². The Hall–Kier alpha value is -0.610. The van der Waals surface area contributed by atoms with Crippen molar-refractivity contribution in [3.05, 3.63) is 0 Å². The van der Waals surface area contributed by atoms with Gasteiger partial charge in [-0.15, -0.1) is 0 Å². The lowest BCUT2D eigenvalue weighted by molar-refractivity contribution is -0.130. The third-order valence-corrected chi connectivity index (χ3v) is 3.11. The van der Waals surface area contributed by atoms with Crippen LogP contribution in [0.2, 0.25) is 0 Å². The molecule has 94 valence electrons. The van der Waals surface area contributed by atoms with Gasteiger partial charge in [-0.1, -0.05) is 0 Å². The number of nitrogens with one attached hydrogen (secondary N) is 1. The molecule has 0 saturated carbocycles. The zero-order valence-corrected chi connectivity index (χ0v) is 10.5. The van der Waals surface area contributed by atoms with Crippen LogP contribution in [0, 0.1) is 0 Å². The van der Waals surface area contributed by atoms with Gasteiger partial charge in [0.05, 0.1) is 6.54 Å². The second kappa shape index (κ2) is 7.63. The van der Waals surface area contributed by atoms with Crippen LogP contribution in [-0.4, -0.2) is 49.7 Å². The Morgan fingerprint density at radius 1 is 1.31 bits per heavy atom. The fraction of sp³-hybridized carbons (Fsp3) is 0.917. The number of ether oxygens (including phenoxy) is 1. The van der Waals surface area contributed by atoms with Gasteiger partial charge < -0.3 is 15.0 Å². The predicted molar refractivity (Wildman–Crippen MR) is 64.4 cm³/mol. The summed E-state index contributed by atoms with van der Waals surface area (Å²) in [6, 6.07) is 0.446. The molecule has 16 heavy (non-hydrogen) atoms. The smallest absolute Gasteiger partial charge is 0.236 e. The van der Waals surface area contributed by atoms with Crippen LogP contribution in [0.1, 0.15) is 33.1 Å². The maximum Gasteiger partial charge on any atom is 0.236 e. The molecule has 1 heterocycles. The normalized spacial score (nSPS) is 21.5. The maximum atomic E-state index is 11.8. The number of rotatable bonds is 5. The van der Waals surface area contributed by atoms with Crippen molar-refractivity contribution < 1.29 is 9.53 Å². The minimum absolute atomic E-state index is 0.204. The lowest BCUT2D eigenvalue weighted by Crippen LogP contribution is -2.41. The van der Waals surface area contributed by atoms with Gasteiger partial charge in [-0.25, -0.2) is 0 Å². The number of carbonyl (C=O) groups is 1. The second-order valence-corrected chi connectivity index (χ2v) is 4.19. The summed E-state index contributed by atoms with van der Waals surface area (Å²) >= 11 is 0. The van der Waals surface area contributed by atoms with E-state index in [1.165, 1.54) is 0 Å². The van der Waals surface area contributed by atoms with E-state index in [0.717, 1.165) is 45.6 Å². The highest BCUT2D eigenvalue weighted by Gasteiger charge is 2.15. The lowest BCUT2D eigenvalue weighted by atomic mass is 10.1. The molecule has 1 aliphatic rings. The van der Waals surface area contributed by atoms with Gasteiger partial charge in [0.1, 0.15) is 0 Å². The summed E-state index contributed by atoms with van der Waals surface area (Å²) in [4.78, 5) is 13.6. The molecular weight excluding hydrogens is 204 g/mol. The molecule has 0 spiro atoms. The highest BCUT2D eigenvalue weighted by Crippen LogP contribution is 2.07. The van der Waals surface area contributed by atoms with Gasteiger partial charge in [0.15, 0.2) is 0 Å². The Morgan fingerprint density at radius 2 is 2.06 bits per heavy atom. The molecule has 1 rings (SSSR count). The monoisotopic (exact) mass is 228 g/mol. The second-order valence-electron chi connectivity index (χ2n) is 4.19. The standard InChI is InChI=1S/C12H24N2O2/c1-3-14(4-2)12(15)10-13-11-6-5-8-16-9-7-11/h11,13H,3-10H2,1-2H3. The molecule has 0 aromatic rings. The van der Waals surface area contributed by atoms with Crippen LogP contribution in [0.25, 0.3) is 0 Å². The van der Waals surface area contributed by atoms with E-state index < -0.39 is 0 Å². The van der Waals surface area contributed by atoms with Crippen molar-refractivity contribution in [3.63, 3.8) is 0 Å². The molecule has 0 aliphatic carbocycles. The molecule has 4 heteroatoms. The summed E-state index contributed by atoms with van der Waals surface area (Å²) in [5.74, 6) is 0.204. The average Bonchev–Trinajstić information content (AvgIpc) is 2.56. The Bertz CT molecular complexity index is 197. The SMILES string of the molecule is CCN(CC)C(=O)CNC1CCCOCC1. The van der Waals surface area contributed by atoms with Crippen LogP contribution in [0.4, 0.5) is 0 Å². The molecule has 0 aromatic carbocycles. The first-order valence-electron chi connectivity index (χ1n) is 6.36. The summed E-state index contributed by atoms with van der Waals surface area (Å²) in [5, 5.41) is 3.34. The van der Waals surface area contributed by atoms with Gasteiger partial charge in [0, 0.05) is 32.3 Å². The Kier molecular flexibility index (Phi) is 6.42. The zero-order valence-electron chi connectivity index (χ0n) is 10.5. The summed E-state index contributed by atoms with van der Waals surface area (Å²) in [5.41, 5.74) is 0. The fourth-order valence-corrected chi connectivity index (χ4v) is 2.03. The molecule has 1 aliphatic heterocycles. The minimum atomic E-state index is 0.204. The lowest BCUT2D eigenvalue weighted by Gasteiger charge is -2.21. The topological polar surface area (TPSA) is 41.6 Å². The van der Waals surface area contributed by atoms with Crippen LogP contribution in [0.3, 0.4) is 0 Å². The number of amides is 1. The van der Waals surface area contributed by atoms with E-state index in [-0.39, 0.29) is 5.91 Å². The average molecular weight is 228 g/mol. The third kappa shape index (κ3) is 4.49. The van der Waals surface area contributed by atoms with Gasteiger partial charge >= 0.3 is 0 Å². The van der Waals surface area contributed by atoms with Crippen molar-refractivity contribution in [2.45, 2.75) is 39.2 Å². The summed E-state index contributed by atoms with van der Waals surface area (Å²) in [6.07, 6.45) is 3.23. The van der Waals surface area contributed by atoms with Crippen molar-refractivity contribution in [3.8, 4) is 0 Å². The Balaban J connectivity index is 2.24. The van der Waals surface area contributed by atoms with Crippen molar-refractivity contribution in [2.24, 2.45) is 0 Å². The molecule has 1 unspecified atom stereocenters. The van der Waals surface area contributed by atoms with Crippen LogP contribution in [-0.2, 0) is 9.53 Å². The van der Waals surface area contributed by atoms with Crippen LogP contribution in [0.15, 0.2) is 0 Å². The third-order valence-electron chi connectivity index (χ3n) is 3.11. The number of likely N-dealkylation sites (N-methyl/N-ethyl adjacent to an activating group) is 1. The number of hydrogen-bond donors (Lipinski definition) is 1. The molecule has 1 fully saturated rings. The van der Waals surface area contributed by atoms with Crippen LogP contribution >= 0.6 is 0 Å². The molecular formula is C12H24N2O2. The van der Waals surface area contributed by atoms with E-state index in [1.807, 2.05) is 18.7 Å². The Morgan fingerprint density at radius 3 is 2.75 bits per heavy atom. The van der Waals surface area contributed by atoms with Crippen LogP contribution in [0.5, 0.6) is 0 Å². The number of carbonyl (C=O) groups excluding carboxylic acids is 1. The van der Waals surface area contributed by atoms with Gasteiger partial charge in [0.25, 0.3) is 0 Å². The van der Waals surface area contributed by atoms with Crippen molar-refractivity contribution in [1.82, 2.24) is 10.2 Å². The summed E-state index contributed by atoms with van der Waals surface area (Å²) in [6.45, 7) is 7.77. The number of hydrogen-bond acceptors (Lipinski definition) is 3. The van der Waals surface area contributed by atoms with Gasteiger partial charge in [0.2, 0.25) is 5.91 Å². The first-order valence-corrected chi connectivity index (χ1v) is 6.36. The maximum absolute atomic E-state index is 11.8. The van der Waals surface area contributed by atoms with Crippen molar-refractivity contribution in [1.29, 1.82) is 0 Å². The van der Waals surface area contributed by atoms with E-state index in [0.29, 0.717) is 12.6 Å². The molecule has 0 radical (unpaired) electrons. The van der Waals surface area contributed by atoms with E-state index in [4.69, 9.17) is 4.74 Å². The van der Waals surface area contributed by atoms with Crippen molar-refractivity contribution >= 4 is 5.91 Å². The minimum Gasteiger partial charge on any atom is -0.381 e. The first-order chi connectivity index (χ1) is 7.77. The highest BCUT2D eigenvalue weighted by atomic mass is 16.5. The number of nitrogens with zero attached hydrogens (tertiary/aromatic N) is 1. The van der Waals surface area contributed by atoms with Crippen molar-refractivity contribution in [2.75, 3.05) is 32.8 Å². The highest BCUT2D eigenvalue weighted by molar-refractivity contribution is 5.78. The molecule has 1 atom stereocenters. The van der Waals surface area contributed by atoms with E-state index in [9.17, 15) is 4.79 Å². The first kappa shape index (κ1) is 13.5. The largest absolute Gasteiger partial charge is 0.381 e. The fourth-order valence-electron chi connectivity index (χ4n) is 2.03. The molecule has 4 nitrogen and oxygen atoms in total. The Labute approximate surface area is 98.3 Å². The van der Waals surface area contributed by atoms with Gasteiger partial charge in [-0.3, -0.25) is 4.79 Å². The molecule has 1 saturated heterocycles. The van der Waals surface area contributed by atoms with Gasteiger partial charge in [-0.05, 0) is 33.1 Å². The zero-order chi connectivity index (χ0) is 11.8. The van der Waals surface area contributed by atoms with E-state index in [1.54, 1.807) is 0 Å². The van der Waals surface area contributed by atoms with E-state index >= 15 is 0 Å². The van der Waals surface area contributed by atoms with Crippen LogP contribution < -0.4 is 5.32 Å². The summed E-state index contributed by atoms with van der Waals surface area (Å²) in [7, 11) is 0. The molecule has 0 bridgehead atoms. The molecule has 1 N–H and O–H groups in total. The molecule has 0 aromatic heterocycles.